The highest BCUT2D eigenvalue weighted by Crippen LogP contribution is 2.17. The number of hydrogen-bond donors (Lipinski definition) is 0. The number of carbonyl (C=O) groups is 1. The molecule has 0 aromatic rings. The zero-order valence-electron chi connectivity index (χ0n) is 3.83. The molecule has 0 saturated carbocycles. The third kappa shape index (κ3) is 1.06. The van der Waals surface area contributed by atoms with E-state index in [2.05, 4.69) is 0 Å². The second-order valence-electron chi connectivity index (χ2n) is 1.46. The quantitative estimate of drug-likeness (QED) is 0.474. The van der Waals surface area contributed by atoms with Crippen LogP contribution in [0.1, 0.15) is 0 Å². The maximum absolute atomic E-state index is 9.94. The van der Waals surface area contributed by atoms with Gasteiger partial charge in [0, 0.05) is 11.7 Å². The molecule has 0 aromatic carbocycles. The van der Waals surface area contributed by atoms with E-state index in [9.17, 15) is 4.79 Å². The van der Waals surface area contributed by atoms with Crippen molar-refractivity contribution in [1.82, 2.24) is 0 Å². The molecular formula is C5H6OS. The third-order valence-corrected chi connectivity index (χ3v) is 1.81. The van der Waals surface area contributed by atoms with Crippen LogP contribution in [0, 0.1) is 5.92 Å². The summed E-state index contributed by atoms with van der Waals surface area (Å²) in [6, 6.07) is 0. The average Bonchev–Trinajstić information content (AvgIpc) is 2.14. The van der Waals surface area contributed by atoms with E-state index in [4.69, 9.17) is 0 Å². The van der Waals surface area contributed by atoms with E-state index < -0.39 is 0 Å². The molecule has 1 rings (SSSR count). The van der Waals surface area contributed by atoms with Crippen molar-refractivity contribution in [1.29, 1.82) is 0 Å². The second kappa shape index (κ2) is 2.17. The number of carbonyl (C=O) groups excluding carboxylic acids is 1. The Kier molecular flexibility index (Phi) is 1.52. The molecule has 0 amide bonds. The van der Waals surface area contributed by atoms with Gasteiger partial charge in [0.25, 0.3) is 0 Å². The summed E-state index contributed by atoms with van der Waals surface area (Å²) < 4.78 is 0. The average molecular weight is 114 g/mol. The Morgan fingerprint density at radius 2 is 2.71 bits per heavy atom. The van der Waals surface area contributed by atoms with Gasteiger partial charge in [-0.15, -0.1) is 11.8 Å². The summed E-state index contributed by atoms with van der Waals surface area (Å²) in [6.45, 7) is 0. The van der Waals surface area contributed by atoms with Crippen molar-refractivity contribution >= 4 is 18.0 Å². The van der Waals surface area contributed by atoms with E-state index >= 15 is 0 Å². The smallest absolute Gasteiger partial charge is 0.127 e. The van der Waals surface area contributed by atoms with E-state index in [0.717, 1.165) is 12.0 Å². The summed E-state index contributed by atoms with van der Waals surface area (Å²) in [6.07, 6.45) is 2.91. The second-order valence-corrected chi connectivity index (χ2v) is 2.40. The van der Waals surface area contributed by atoms with Crippen molar-refractivity contribution in [3.8, 4) is 0 Å². The van der Waals surface area contributed by atoms with E-state index in [1.165, 1.54) is 0 Å². The van der Waals surface area contributed by atoms with Crippen molar-refractivity contribution in [2.75, 3.05) is 5.75 Å². The first-order chi connectivity index (χ1) is 3.43. The van der Waals surface area contributed by atoms with E-state index in [0.29, 0.717) is 0 Å². The number of rotatable bonds is 1. The minimum Gasteiger partial charge on any atom is -0.303 e. The molecule has 0 bridgehead atoms. The normalized spacial score (nSPS) is 28.3. The molecule has 1 aliphatic rings. The van der Waals surface area contributed by atoms with Crippen LogP contribution in [0.15, 0.2) is 11.5 Å². The van der Waals surface area contributed by atoms with Crippen LogP contribution < -0.4 is 0 Å². The van der Waals surface area contributed by atoms with Gasteiger partial charge in [0.05, 0.1) is 0 Å². The minimum absolute atomic E-state index is 0.199. The Labute approximate surface area is 46.8 Å². The number of thioether (sulfide) groups is 1. The molecule has 7 heavy (non-hydrogen) atoms. The summed E-state index contributed by atoms with van der Waals surface area (Å²) in [5.41, 5.74) is 0. The summed E-state index contributed by atoms with van der Waals surface area (Å²) in [4.78, 5) is 9.94. The third-order valence-electron chi connectivity index (χ3n) is 0.885. The lowest BCUT2D eigenvalue weighted by atomic mass is 10.2. The van der Waals surface area contributed by atoms with Crippen LogP contribution in [0.25, 0.3) is 0 Å². The molecule has 1 nitrogen and oxygen atoms in total. The van der Waals surface area contributed by atoms with Gasteiger partial charge in [-0.05, 0) is 5.41 Å². The van der Waals surface area contributed by atoms with Crippen LogP contribution in [0.4, 0.5) is 0 Å². The fourth-order valence-electron chi connectivity index (χ4n) is 0.463. The Morgan fingerprint density at radius 3 is 3.00 bits per heavy atom. The Morgan fingerprint density at radius 1 is 1.86 bits per heavy atom. The lowest BCUT2D eigenvalue weighted by molar-refractivity contribution is -0.109. The Balaban J connectivity index is 2.42. The van der Waals surface area contributed by atoms with Gasteiger partial charge in [0.1, 0.15) is 6.29 Å². The highest BCUT2D eigenvalue weighted by Gasteiger charge is 2.05. The maximum Gasteiger partial charge on any atom is 0.127 e. The summed E-state index contributed by atoms with van der Waals surface area (Å²) in [5.74, 6) is 1.15. The van der Waals surface area contributed by atoms with Crippen LogP contribution in [0.2, 0.25) is 0 Å². The molecular weight excluding hydrogens is 108 g/mol. The van der Waals surface area contributed by atoms with E-state index in [-0.39, 0.29) is 5.92 Å². The van der Waals surface area contributed by atoms with Crippen LogP contribution in [-0.2, 0) is 4.79 Å². The van der Waals surface area contributed by atoms with E-state index in [1.54, 1.807) is 11.8 Å². The van der Waals surface area contributed by atoms with Crippen LogP contribution >= 0.6 is 11.8 Å². The van der Waals surface area contributed by atoms with Crippen LogP contribution in [0.5, 0.6) is 0 Å². The van der Waals surface area contributed by atoms with Gasteiger partial charge in [0.2, 0.25) is 0 Å². The molecule has 0 radical (unpaired) electrons. The lowest BCUT2D eigenvalue weighted by Gasteiger charge is -1.87. The first kappa shape index (κ1) is 4.91. The van der Waals surface area contributed by atoms with Crippen LogP contribution in [-0.4, -0.2) is 12.0 Å². The SMILES string of the molecule is O=CC1C=CSC1. The standard InChI is InChI=1S/C5H6OS/c6-3-5-1-2-7-4-5/h1-3,5H,4H2. The predicted octanol–water partition coefficient (Wildman–Crippen LogP) is 1.06. The molecule has 1 aliphatic heterocycles. The molecule has 0 spiro atoms. The number of aldehydes is 1. The predicted molar refractivity (Wildman–Crippen MR) is 31.2 cm³/mol. The summed E-state index contributed by atoms with van der Waals surface area (Å²) >= 11 is 1.69. The zero-order chi connectivity index (χ0) is 5.11. The van der Waals surface area contributed by atoms with Crippen molar-refractivity contribution < 1.29 is 4.79 Å². The van der Waals surface area contributed by atoms with E-state index in [1.807, 2.05) is 11.5 Å². The van der Waals surface area contributed by atoms with Crippen molar-refractivity contribution in [3.05, 3.63) is 11.5 Å². The van der Waals surface area contributed by atoms with Crippen molar-refractivity contribution in [2.45, 2.75) is 0 Å². The van der Waals surface area contributed by atoms with Gasteiger partial charge >= 0.3 is 0 Å². The molecule has 1 heterocycles. The molecule has 1 atom stereocenters. The monoisotopic (exact) mass is 114 g/mol. The highest BCUT2D eigenvalue weighted by molar-refractivity contribution is 8.02. The van der Waals surface area contributed by atoms with Crippen molar-refractivity contribution in [2.24, 2.45) is 5.92 Å². The highest BCUT2D eigenvalue weighted by atomic mass is 32.2. The van der Waals surface area contributed by atoms with Crippen molar-refractivity contribution in [3.63, 3.8) is 0 Å². The number of allylic oxidation sites excluding steroid dienone is 1. The molecule has 0 N–H and O–H groups in total. The fraction of sp³-hybridized carbons (Fsp3) is 0.400. The Bertz CT molecular complexity index is 98.3. The molecule has 0 fully saturated rings. The van der Waals surface area contributed by atoms with Gasteiger partial charge in [-0.3, -0.25) is 0 Å². The Hall–Kier alpha value is -0.240. The first-order valence-electron chi connectivity index (χ1n) is 2.17. The molecule has 0 aliphatic carbocycles. The zero-order valence-corrected chi connectivity index (χ0v) is 4.65. The molecule has 1 unspecified atom stereocenters. The topological polar surface area (TPSA) is 17.1 Å². The molecule has 38 valence electrons. The largest absolute Gasteiger partial charge is 0.303 e. The maximum atomic E-state index is 9.94. The molecule has 0 aromatic heterocycles. The number of hydrogen-bond acceptors (Lipinski definition) is 2. The molecule has 2 heteroatoms. The van der Waals surface area contributed by atoms with Gasteiger partial charge < -0.3 is 4.79 Å². The minimum atomic E-state index is 0.199. The summed E-state index contributed by atoms with van der Waals surface area (Å²) in [5, 5.41) is 1.97. The van der Waals surface area contributed by atoms with Crippen LogP contribution in [0.3, 0.4) is 0 Å². The molecule has 0 saturated heterocycles. The fourth-order valence-corrected chi connectivity index (χ4v) is 1.30. The van der Waals surface area contributed by atoms with Gasteiger partial charge in [-0.2, -0.15) is 0 Å². The summed E-state index contributed by atoms with van der Waals surface area (Å²) in [7, 11) is 0. The lowest BCUT2D eigenvalue weighted by Crippen LogP contribution is -1.94. The first-order valence-corrected chi connectivity index (χ1v) is 3.22. The van der Waals surface area contributed by atoms with Gasteiger partial charge in [0.15, 0.2) is 0 Å². The van der Waals surface area contributed by atoms with Gasteiger partial charge in [-0.1, -0.05) is 6.08 Å². The van der Waals surface area contributed by atoms with Gasteiger partial charge in [-0.25, -0.2) is 0 Å².